The van der Waals surface area contributed by atoms with Gasteiger partial charge >= 0.3 is 0 Å². The fourth-order valence-corrected chi connectivity index (χ4v) is 2.87. The summed E-state index contributed by atoms with van der Waals surface area (Å²) in [6.45, 7) is 5.04. The molecule has 0 aromatic heterocycles. The van der Waals surface area contributed by atoms with Gasteiger partial charge in [0.2, 0.25) is 0 Å². The van der Waals surface area contributed by atoms with E-state index in [2.05, 4.69) is 39.9 Å². The van der Waals surface area contributed by atoms with E-state index in [1.807, 2.05) is 6.92 Å². The summed E-state index contributed by atoms with van der Waals surface area (Å²) >= 11 is 0. The van der Waals surface area contributed by atoms with Crippen molar-refractivity contribution in [3.8, 4) is 5.75 Å². The van der Waals surface area contributed by atoms with Gasteiger partial charge in [0.15, 0.2) is 5.96 Å². The van der Waals surface area contributed by atoms with E-state index in [0.717, 1.165) is 37.8 Å². The Morgan fingerprint density at radius 3 is 2.44 bits per heavy atom. The molecule has 5 nitrogen and oxygen atoms in total. The van der Waals surface area contributed by atoms with Crippen LogP contribution in [0.15, 0.2) is 29.3 Å². The molecule has 0 aliphatic heterocycles. The standard InChI is InChI=1S/C19H31N3O2.HI/c1-3-23-15-14-22-19(20-2)21-13-12-16-8-10-18(11-9-16)24-17-6-4-5-7-17;/h8-11,17H,3-7,12-15H2,1-2H3,(H2,20,21,22);1H. The van der Waals surface area contributed by atoms with E-state index in [9.17, 15) is 0 Å². The zero-order valence-corrected chi connectivity index (χ0v) is 17.8. The van der Waals surface area contributed by atoms with Gasteiger partial charge in [-0.2, -0.15) is 0 Å². The van der Waals surface area contributed by atoms with Gasteiger partial charge in [-0.15, -0.1) is 24.0 Å². The number of nitrogens with zero attached hydrogens (tertiary/aromatic N) is 1. The number of guanidine groups is 1. The summed E-state index contributed by atoms with van der Waals surface area (Å²) in [5.41, 5.74) is 1.30. The quantitative estimate of drug-likeness (QED) is 0.256. The molecule has 1 fully saturated rings. The molecule has 1 aromatic carbocycles. The molecule has 142 valence electrons. The smallest absolute Gasteiger partial charge is 0.191 e. The fourth-order valence-electron chi connectivity index (χ4n) is 2.87. The number of rotatable bonds is 9. The molecule has 6 heteroatoms. The summed E-state index contributed by atoms with van der Waals surface area (Å²) in [5, 5.41) is 6.55. The number of hydrogen-bond donors (Lipinski definition) is 2. The predicted molar refractivity (Wildman–Crippen MR) is 114 cm³/mol. The summed E-state index contributed by atoms with van der Waals surface area (Å²) in [6.07, 6.45) is 6.37. The minimum Gasteiger partial charge on any atom is -0.490 e. The van der Waals surface area contributed by atoms with Crippen molar-refractivity contribution in [3.63, 3.8) is 0 Å². The molecule has 0 bridgehead atoms. The van der Waals surface area contributed by atoms with E-state index in [1.54, 1.807) is 7.05 Å². The topological polar surface area (TPSA) is 54.9 Å². The summed E-state index contributed by atoms with van der Waals surface area (Å²) in [4.78, 5) is 4.21. The second kappa shape index (κ2) is 13.2. The summed E-state index contributed by atoms with van der Waals surface area (Å²) < 4.78 is 11.3. The molecule has 2 rings (SSSR count). The Morgan fingerprint density at radius 2 is 1.80 bits per heavy atom. The summed E-state index contributed by atoms with van der Waals surface area (Å²) in [7, 11) is 1.78. The largest absolute Gasteiger partial charge is 0.490 e. The van der Waals surface area contributed by atoms with Crippen LogP contribution < -0.4 is 15.4 Å². The first kappa shape index (κ1) is 22.0. The maximum Gasteiger partial charge on any atom is 0.191 e. The average Bonchev–Trinajstić information content (AvgIpc) is 3.11. The molecule has 0 amide bonds. The van der Waals surface area contributed by atoms with E-state index in [-0.39, 0.29) is 24.0 Å². The lowest BCUT2D eigenvalue weighted by atomic mass is 10.1. The Balaban J connectivity index is 0.00000312. The lowest BCUT2D eigenvalue weighted by Crippen LogP contribution is -2.39. The summed E-state index contributed by atoms with van der Waals surface area (Å²) in [5.74, 6) is 1.81. The van der Waals surface area contributed by atoms with Crippen LogP contribution in [0.5, 0.6) is 5.75 Å². The van der Waals surface area contributed by atoms with Crippen LogP contribution in [0.3, 0.4) is 0 Å². The second-order valence-electron chi connectivity index (χ2n) is 6.04. The number of ether oxygens (including phenoxy) is 2. The van der Waals surface area contributed by atoms with Crippen molar-refractivity contribution in [3.05, 3.63) is 29.8 Å². The van der Waals surface area contributed by atoms with Gasteiger partial charge in [0, 0.05) is 26.7 Å². The Kier molecular flexibility index (Phi) is 11.6. The highest BCUT2D eigenvalue weighted by molar-refractivity contribution is 14.0. The Labute approximate surface area is 169 Å². The van der Waals surface area contributed by atoms with E-state index in [0.29, 0.717) is 12.7 Å². The normalized spacial score (nSPS) is 14.9. The van der Waals surface area contributed by atoms with Gasteiger partial charge in [0.25, 0.3) is 0 Å². The molecule has 0 heterocycles. The van der Waals surface area contributed by atoms with Gasteiger partial charge in [-0.25, -0.2) is 0 Å². The molecule has 1 aliphatic carbocycles. The van der Waals surface area contributed by atoms with Crippen LogP contribution in [-0.2, 0) is 11.2 Å². The zero-order valence-electron chi connectivity index (χ0n) is 15.4. The number of aliphatic imine (C=N–C) groups is 1. The Bertz CT molecular complexity index is 488. The van der Waals surface area contributed by atoms with Crippen LogP contribution in [0.25, 0.3) is 0 Å². The third kappa shape index (κ3) is 8.76. The fraction of sp³-hybridized carbons (Fsp3) is 0.632. The second-order valence-corrected chi connectivity index (χ2v) is 6.04. The zero-order chi connectivity index (χ0) is 17.0. The molecule has 0 saturated heterocycles. The van der Waals surface area contributed by atoms with Gasteiger partial charge in [-0.3, -0.25) is 4.99 Å². The predicted octanol–water partition coefficient (Wildman–Crippen LogP) is 3.37. The van der Waals surface area contributed by atoms with Crippen LogP contribution in [-0.4, -0.2) is 45.4 Å². The van der Waals surface area contributed by atoms with Crippen LogP contribution >= 0.6 is 24.0 Å². The highest BCUT2D eigenvalue weighted by Gasteiger charge is 2.16. The maximum atomic E-state index is 6.00. The van der Waals surface area contributed by atoms with Gasteiger partial charge in [0.05, 0.1) is 12.7 Å². The average molecular weight is 461 g/mol. The first-order valence-electron chi connectivity index (χ1n) is 9.09. The van der Waals surface area contributed by atoms with Gasteiger partial charge < -0.3 is 20.1 Å². The van der Waals surface area contributed by atoms with Gasteiger partial charge in [-0.1, -0.05) is 12.1 Å². The lowest BCUT2D eigenvalue weighted by Gasteiger charge is -2.14. The molecule has 25 heavy (non-hydrogen) atoms. The third-order valence-corrected chi connectivity index (χ3v) is 4.20. The van der Waals surface area contributed by atoms with Crippen molar-refractivity contribution in [2.75, 3.05) is 33.4 Å². The number of nitrogens with one attached hydrogen (secondary N) is 2. The Morgan fingerprint density at radius 1 is 1.12 bits per heavy atom. The van der Waals surface area contributed by atoms with Crippen LogP contribution in [0, 0.1) is 0 Å². The molecule has 0 atom stereocenters. The molecule has 1 aromatic rings. The number of benzene rings is 1. The van der Waals surface area contributed by atoms with Crippen LogP contribution in [0.4, 0.5) is 0 Å². The monoisotopic (exact) mass is 461 g/mol. The van der Waals surface area contributed by atoms with Crippen molar-refractivity contribution < 1.29 is 9.47 Å². The third-order valence-electron chi connectivity index (χ3n) is 4.20. The first-order valence-corrected chi connectivity index (χ1v) is 9.09. The molecule has 2 N–H and O–H groups in total. The SMILES string of the molecule is CCOCCNC(=NC)NCCc1ccc(OC2CCCC2)cc1.I. The molecule has 0 radical (unpaired) electrons. The molecular formula is C19H32IN3O2. The molecule has 0 spiro atoms. The minimum absolute atomic E-state index is 0. The van der Waals surface area contributed by atoms with Crippen molar-refractivity contribution in [1.29, 1.82) is 0 Å². The maximum absolute atomic E-state index is 6.00. The van der Waals surface area contributed by atoms with Gasteiger partial charge in [-0.05, 0) is 56.7 Å². The van der Waals surface area contributed by atoms with Gasteiger partial charge in [0.1, 0.15) is 5.75 Å². The van der Waals surface area contributed by atoms with Crippen molar-refractivity contribution >= 4 is 29.9 Å². The van der Waals surface area contributed by atoms with E-state index < -0.39 is 0 Å². The highest BCUT2D eigenvalue weighted by Crippen LogP contribution is 2.24. The lowest BCUT2D eigenvalue weighted by molar-refractivity contribution is 0.152. The molecule has 0 unspecified atom stereocenters. The van der Waals surface area contributed by atoms with Crippen LogP contribution in [0.2, 0.25) is 0 Å². The molecular weight excluding hydrogens is 429 g/mol. The van der Waals surface area contributed by atoms with Crippen molar-refractivity contribution in [2.24, 2.45) is 4.99 Å². The van der Waals surface area contributed by atoms with E-state index in [1.165, 1.54) is 31.2 Å². The molecule has 1 saturated carbocycles. The van der Waals surface area contributed by atoms with Crippen molar-refractivity contribution in [1.82, 2.24) is 10.6 Å². The number of hydrogen-bond acceptors (Lipinski definition) is 3. The Hall–Kier alpha value is -1.02. The highest BCUT2D eigenvalue weighted by atomic mass is 127. The van der Waals surface area contributed by atoms with Crippen LogP contribution in [0.1, 0.15) is 38.2 Å². The number of halogens is 1. The van der Waals surface area contributed by atoms with Crippen molar-refractivity contribution in [2.45, 2.75) is 45.1 Å². The molecule has 1 aliphatic rings. The summed E-state index contributed by atoms with van der Waals surface area (Å²) in [6, 6.07) is 8.47. The first-order chi connectivity index (χ1) is 11.8. The minimum atomic E-state index is 0. The van der Waals surface area contributed by atoms with E-state index in [4.69, 9.17) is 9.47 Å². The van der Waals surface area contributed by atoms with E-state index >= 15 is 0 Å².